The fourth-order valence-corrected chi connectivity index (χ4v) is 6.98. The Bertz CT molecular complexity index is 1810. The number of halogens is 1. The zero-order valence-corrected chi connectivity index (χ0v) is 36.3. The molecule has 0 spiro atoms. The van der Waals surface area contributed by atoms with Crippen molar-refractivity contribution in [1.82, 2.24) is 25.5 Å². The summed E-state index contributed by atoms with van der Waals surface area (Å²) in [5.74, 6) is -0.973. The number of amides is 2. The molecule has 19 heteroatoms. The van der Waals surface area contributed by atoms with E-state index in [-0.39, 0.29) is 79.9 Å². The Kier molecular flexibility index (Phi) is 23.6. The topological polar surface area (TPSA) is 331 Å². The highest BCUT2D eigenvalue weighted by atomic mass is 35.5. The van der Waals surface area contributed by atoms with E-state index in [1.54, 1.807) is 0 Å². The normalized spacial score (nSPS) is 14.3. The van der Waals surface area contributed by atoms with Crippen molar-refractivity contribution in [3.05, 3.63) is 70.5 Å². The van der Waals surface area contributed by atoms with Crippen LogP contribution in [0, 0.1) is 0 Å². The van der Waals surface area contributed by atoms with Gasteiger partial charge in [0.2, 0.25) is 5.91 Å². The maximum absolute atomic E-state index is 12.5. The molecule has 0 saturated heterocycles. The number of aromatic nitrogens is 2. The van der Waals surface area contributed by atoms with Gasteiger partial charge in [0, 0.05) is 64.3 Å². The van der Waals surface area contributed by atoms with Crippen molar-refractivity contribution in [2.24, 2.45) is 22.2 Å². The second-order valence-electron chi connectivity index (χ2n) is 15.6. The smallest absolute Gasteiger partial charge is 0.280 e. The van der Waals surface area contributed by atoms with Crippen molar-refractivity contribution < 1.29 is 35.1 Å². The molecule has 0 saturated carbocycles. The summed E-state index contributed by atoms with van der Waals surface area (Å²) in [6, 6.07) is 15.5. The zero-order valence-electron chi connectivity index (χ0n) is 35.5. The Labute approximate surface area is 369 Å². The Morgan fingerprint density at radius 3 is 2.02 bits per heavy atom. The molecule has 3 rings (SSSR count). The van der Waals surface area contributed by atoms with Crippen LogP contribution in [0.15, 0.2) is 53.5 Å². The molecule has 2 aromatic carbocycles. The number of nitrogen functional groups attached to an aromatic ring is 2. The number of aliphatic hydroxyl groups excluding tert-OH is 5. The number of hydrogen-bond donors (Lipinski definition) is 12. The van der Waals surface area contributed by atoms with Crippen LogP contribution in [-0.4, -0.2) is 135 Å². The third-order valence-corrected chi connectivity index (χ3v) is 10.7. The van der Waals surface area contributed by atoms with Crippen LogP contribution in [-0.2, 0) is 17.6 Å². The highest BCUT2D eigenvalue weighted by molar-refractivity contribution is 6.31. The quantitative estimate of drug-likeness (QED) is 0.0261. The van der Waals surface area contributed by atoms with Gasteiger partial charge in [-0.2, -0.15) is 0 Å². The minimum Gasteiger partial charge on any atom is -0.396 e. The molecule has 0 aliphatic rings. The molecule has 0 fully saturated rings. The molecule has 1 aromatic heterocycles. The van der Waals surface area contributed by atoms with E-state index in [1.807, 2.05) is 4.90 Å². The molecule has 2 amide bonds. The summed E-state index contributed by atoms with van der Waals surface area (Å²) in [5.41, 5.74) is 33.7. The van der Waals surface area contributed by atoms with Gasteiger partial charge in [0.1, 0.15) is 0 Å². The highest BCUT2D eigenvalue weighted by Crippen LogP contribution is 2.22. The lowest BCUT2D eigenvalue weighted by molar-refractivity contribution is -0.121. The van der Waals surface area contributed by atoms with Crippen molar-refractivity contribution in [3.8, 4) is 11.1 Å². The number of nitrogens with two attached hydrogens (primary N) is 5. The van der Waals surface area contributed by atoms with E-state index in [1.165, 1.54) is 11.1 Å². The summed E-state index contributed by atoms with van der Waals surface area (Å²) >= 11 is 5.84. The monoisotopic (exact) mass is 885 g/mol. The molecule has 17 N–H and O–H groups in total. The van der Waals surface area contributed by atoms with Crippen molar-refractivity contribution in [1.29, 1.82) is 0 Å². The van der Waals surface area contributed by atoms with Crippen LogP contribution in [0.4, 0.5) is 11.6 Å². The fourth-order valence-electron chi connectivity index (χ4n) is 6.85. The number of rotatable bonds is 29. The first-order chi connectivity index (χ1) is 29.7. The number of hydrogen-bond acceptors (Lipinski definition) is 15. The lowest BCUT2D eigenvalue weighted by Gasteiger charge is -2.32. The van der Waals surface area contributed by atoms with Gasteiger partial charge in [-0.15, -0.1) is 0 Å². The number of carbonyl (C=O) groups is 2. The number of aliphatic hydroxyl groups is 5. The van der Waals surface area contributed by atoms with Crippen molar-refractivity contribution in [2.75, 3.05) is 57.4 Å². The predicted octanol–water partition coefficient (Wildman–Crippen LogP) is 0.832. The van der Waals surface area contributed by atoms with E-state index in [4.69, 9.17) is 50.5 Å². The maximum Gasteiger partial charge on any atom is 0.280 e. The average molecular weight is 887 g/mol. The second kappa shape index (κ2) is 28.2. The molecule has 3 aromatic rings. The molecule has 62 heavy (non-hydrogen) atoms. The van der Waals surface area contributed by atoms with Crippen molar-refractivity contribution in [3.63, 3.8) is 0 Å². The van der Waals surface area contributed by atoms with E-state index >= 15 is 0 Å². The van der Waals surface area contributed by atoms with Gasteiger partial charge in [-0.25, -0.2) is 9.97 Å². The number of aliphatic imine (C=N–C) groups is 1. The number of guanidine groups is 1. The summed E-state index contributed by atoms with van der Waals surface area (Å²) in [5, 5.41) is 54.6. The van der Waals surface area contributed by atoms with Crippen LogP contribution in [0.3, 0.4) is 0 Å². The highest BCUT2D eigenvalue weighted by Gasteiger charge is 2.25. The summed E-state index contributed by atoms with van der Waals surface area (Å²) in [6.45, 7) is 1.71. The third kappa shape index (κ3) is 19.3. The largest absolute Gasteiger partial charge is 0.396 e. The molecule has 0 radical (unpaired) electrons. The summed E-state index contributed by atoms with van der Waals surface area (Å²) < 4.78 is 0. The summed E-state index contributed by atoms with van der Waals surface area (Å²) in [7, 11) is 0. The van der Waals surface area contributed by atoms with E-state index in [9.17, 15) is 24.9 Å². The first kappa shape index (κ1) is 51.8. The Morgan fingerprint density at radius 1 is 0.758 bits per heavy atom. The maximum atomic E-state index is 12.5. The van der Waals surface area contributed by atoms with Crippen LogP contribution in [0.1, 0.15) is 85.8 Å². The molecule has 18 nitrogen and oxygen atoms in total. The number of unbranched alkanes of at least 4 members (excludes halogenated alkanes) is 3. The van der Waals surface area contributed by atoms with E-state index in [0.717, 1.165) is 56.1 Å². The lowest BCUT2D eigenvalue weighted by atomic mass is 9.99. The molecule has 0 bridgehead atoms. The van der Waals surface area contributed by atoms with Crippen LogP contribution in [0.25, 0.3) is 11.1 Å². The van der Waals surface area contributed by atoms with Gasteiger partial charge < -0.3 is 59.5 Å². The molecule has 344 valence electrons. The summed E-state index contributed by atoms with van der Waals surface area (Å²) in [4.78, 5) is 38.7. The Hall–Kier alpha value is -4.50. The van der Waals surface area contributed by atoms with Crippen LogP contribution in [0.5, 0.6) is 0 Å². The van der Waals surface area contributed by atoms with Gasteiger partial charge >= 0.3 is 0 Å². The number of benzene rings is 2. The van der Waals surface area contributed by atoms with Gasteiger partial charge in [0.15, 0.2) is 28.4 Å². The average Bonchev–Trinajstić information content (AvgIpc) is 3.23. The van der Waals surface area contributed by atoms with Crippen LogP contribution >= 0.6 is 11.6 Å². The number of carbonyl (C=O) groups excluding carboxylic acids is 2. The van der Waals surface area contributed by atoms with Crippen LogP contribution < -0.4 is 39.3 Å². The van der Waals surface area contributed by atoms with Gasteiger partial charge in [-0.3, -0.25) is 24.8 Å². The van der Waals surface area contributed by atoms with Crippen LogP contribution in [0.2, 0.25) is 5.15 Å². The Morgan fingerprint density at radius 2 is 1.39 bits per heavy atom. The van der Waals surface area contributed by atoms with Crippen molar-refractivity contribution >= 4 is 41.0 Å². The summed E-state index contributed by atoms with van der Waals surface area (Å²) in [6.07, 6.45) is 4.53. The van der Waals surface area contributed by atoms with E-state index in [2.05, 4.69) is 74.1 Å². The van der Waals surface area contributed by atoms with Gasteiger partial charge in [0.05, 0.1) is 18.3 Å². The van der Waals surface area contributed by atoms with Crippen molar-refractivity contribution in [2.45, 2.75) is 107 Å². The first-order valence-electron chi connectivity index (χ1n) is 21.3. The zero-order chi connectivity index (χ0) is 45.4. The molecular formula is C43H68ClN11O7. The predicted molar refractivity (Wildman–Crippen MR) is 243 cm³/mol. The SMILES string of the molecule is NC(=NCCCCc1ccc(-c2ccc(CCCNC(=O)CCCCCN(CC(O)CC(O)CCO)CC(N)C(O)C(N)CCO)cc2)cc1)NC(=O)c1nc(Cl)c(N)nc1N. The molecule has 0 aliphatic heterocycles. The molecule has 1 heterocycles. The standard InChI is InChI=1S/C43H68ClN11O7/c44-39-41(48)53-40(47)37(52-39)42(62)54-43(49)51-20-4-3-7-28-10-14-30(15-11-28)31-16-12-29(13-17-31)8-6-21-50-36(60)9-2-1-5-22-55(26-33(59)25-32(58)18-23-56)27-35(46)38(61)34(45)19-24-57/h10-17,32-35,38,56-59,61H,1-9,18-27,45-46H2,(H,50,60)(H4,47,48,53)(H3,49,51,54,62). The Balaban J connectivity index is 1.31. The number of nitrogens with one attached hydrogen (secondary N) is 2. The molecule has 5 atom stereocenters. The van der Waals surface area contributed by atoms with Gasteiger partial charge in [-0.1, -0.05) is 66.6 Å². The minimum absolute atomic E-state index is 0.000297. The number of nitrogens with zero attached hydrogens (tertiary/aromatic N) is 4. The number of anilines is 2. The third-order valence-electron chi connectivity index (χ3n) is 10.4. The number of aryl methyl sites for hydroxylation is 2. The minimum atomic E-state index is -1.04. The molecule has 5 unspecified atom stereocenters. The second-order valence-corrected chi connectivity index (χ2v) is 16.0. The van der Waals surface area contributed by atoms with E-state index in [0.29, 0.717) is 32.5 Å². The molecule has 0 aliphatic carbocycles. The fraction of sp³-hybridized carbons (Fsp3) is 0.558. The first-order valence-corrected chi connectivity index (χ1v) is 21.7. The molecular weight excluding hydrogens is 818 g/mol. The van der Waals surface area contributed by atoms with Gasteiger partial charge in [-0.05, 0) is 86.6 Å². The van der Waals surface area contributed by atoms with E-state index < -0.39 is 36.3 Å². The van der Waals surface area contributed by atoms with Gasteiger partial charge in [0.25, 0.3) is 5.91 Å². The lowest BCUT2D eigenvalue weighted by Crippen LogP contribution is -2.53.